The van der Waals surface area contributed by atoms with Crippen LogP contribution in [0.25, 0.3) is 0 Å². The van der Waals surface area contributed by atoms with Gasteiger partial charge in [0.25, 0.3) is 5.91 Å². The quantitative estimate of drug-likeness (QED) is 0.901. The minimum absolute atomic E-state index is 0. The third kappa shape index (κ3) is 4.93. The Hall–Kier alpha value is -1.14. The van der Waals surface area contributed by atoms with Crippen molar-refractivity contribution in [3.8, 4) is 0 Å². The molecule has 2 saturated heterocycles. The number of benzene rings is 1. The smallest absolute Gasteiger partial charge is 0.254 e. The molecule has 6 heteroatoms. The minimum atomic E-state index is 0. The molecule has 0 radical (unpaired) electrons. The molecule has 0 bridgehead atoms. The maximum Gasteiger partial charge on any atom is 0.254 e. The van der Waals surface area contributed by atoms with E-state index in [1.54, 1.807) is 0 Å². The van der Waals surface area contributed by atoms with Crippen LogP contribution in [0.3, 0.4) is 0 Å². The Balaban J connectivity index is 0.00000208. The molecule has 5 nitrogen and oxygen atoms in total. The average molecular weight is 355 g/mol. The van der Waals surface area contributed by atoms with E-state index in [2.05, 4.69) is 12.2 Å². The van der Waals surface area contributed by atoms with E-state index in [-0.39, 0.29) is 24.4 Å². The Morgan fingerprint density at radius 1 is 1.33 bits per heavy atom. The van der Waals surface area contributed by atoms with E-state index in [4.69, 9.17) is 9.47 Å². The second-order valence-corrected chi connectivity index (χ2v) is 6.39. The van der Waals surface area contributed by atoms with Gasteiger partial charge in [-0.1, -0.05) is 18.2 Å². The Kier molecular flexibility index (Phi) is 7.49. The molecule has 1 aromatic rings. The largest absolute Gasteiger partial charge is 0.381 e. The molecule has 1 N–H and O–H groups in total. The second kappa shape index (κ2) is 9.37. The normalized spacial score (nSPS) is 22.0. The zero-order valence-corrected chi connectivity index (χ0v) is 15.0. The van der Waals surface area contributed by atoms with Gasteiger partial charge >= 0.3 is 0 Å². The van der Waals surface area contributed by atoms with Gasteiger partial charge in [0.1, 0.15) is 0 Å². The van der Waals surface area contributed by atoms with Crippen LogP contribution in [0.1, 0.15) is 35.7 Å². The molecule has 1 aromatic carbocycles. The Morgan fingerprint density at radius 2 is 2.08 bits per heavy atom. The van der Waals surface area contributed by atoms with Crippen LogP contribution < -0.4 is 5.32 Å². The van der Waals surface area contributed by atoms with Gasteiger partial charge in [-0.25, -0.2) is 0 Å². The summed E-state index contributed by atoms with van der Waals surface area (Å²) in [7, 11) is 0. The topological polar surface area (TPSA) is 50.8 Å². The fraction of sp³-hybridized carbons (Fsp3) is 0.611. The molecule has 134 valence electrons. The van der Waals surface area contributed by atoms with E-state index in [1.807, 2.05) is 29.2 Å². The van der Waals surface area contributed by atoms with Crippen molar-refractivity contribution in [1.29, 1.82) is 0 Å². The highest BCUT2D eigenvalue weighted by Crippen LogP contribution is 2.18. The Bertz CT molecular complexity index is 535. The summed E-state index contributed by atoms with van der Waals surface area (Å²) in [5, 5.41) is 3.37. The van der Waals surface area contributed by atoms with Crippen LogP contribution in [0.2, 0.25) is 0 Å². The highest BCUT2D eigenvalue weighted by molar-refractivity contribution is 5.95. The number of piperazine rings is 1. The summed E-state index contributed by atoms with van der Waals surface area (Å²) >= 11 is 0. The monoisotopic (exact) mass is 354 g/mol. The minimum Gasteiger partial charge on any atom is -0.381 e. The summed E-state index contributed by atoms with van der Waals surface area (Å²) < 4.78 is 11.4. The van der Waals surface area contributed by atoms with Crippen molar-refractivity contribution in [2.24, 2.45) is 0 Å². The van der Waals surface area contributed by atoms with Crippen molar-refractivity contribution in [1.82, 2.24) is 10.2 Å². The van der Waals surface area contributed by atoms with Gasteiger partial charge in [-0.3, -0.25) is 4.79 Å². The van der Waals surface area contributed by atoms with E-state index in [0.717, 1.165) is 56.8 Å². The van der Waals surface area contributed by atoms with E-state index >= 15 is 0 Å². The molecule has 0 spiro atoms. The number of hydrogen-bond donors (Lipinski definition) is 1. The highest BCUT2D eigenvalue weighted by Gasteiger charge is 2.23. The lowest BCUT2D eigenvalue weighted by Gasteiger charge is -2.32. The van der Waals surface area contributed by atoms with Crippen molar-refractivity contribution in [2.75, 3.05) is 32.8 Å². The lowest BCUT2D eigenvalue weighted by atomic mass is 10.1. The van der Waals surface area contributed by atoms with E-state index in [9.17, 15) is 4.79 Å². The van der Waals surface area contributed by atoms with Crippen molar-refractivity contribution in [3.63, 3.8) is 0 Å². The Morgan fingerprint density at radius 3 is 2.83 bits per heavy atom. The van der Waals surface area contributed by atoms with Gasteiger partial charge < -0.3 is 19.7 Å². The number of hydrogen-bond acceptors (Lipinski definition) is 4. The first-order valence-corrected chi connectivity index (χ1v) is 8.54. The third-order valence-electron chi connectivity index (χ3n) is 4.55. The van der Waals surface area contributed by atoms with Gasteiger partial charge in [-0.05, 0) is 31.4 Å². The maximum absolute atomic E-state index is 12.8. The van der Waals surface area contributed by atoms with Crippen molar-refractivity contribution < 1.29 is 14.3 Å². The van der Waals surface area contributed by atoms with E-state index < -0.39 is 0 Å². The van der Waals surface area contributed by atoms with Crippen molar-refractivity contribution >= 4 is 18.3 Å². The van der Waals surface area contributed by atoms with Gasteiger partial charge in [0.2, 0.25) is 0 Å². The summed E-state index contributed by atoms with van der Waals surface area (Å²) in [6, 6.07) is 8.16. The van der Waals surface area contributed by atoms with Gasteiger partial charge in [-0.15, -0.1) is 12.4 Å². The number of carbonyl (C=O) groups is 1. The van der Waals surface area contributed by atoms with Gasteiger partial charge in [-0.2, -0.15) is 0 Å². The molecular weight excluding hydrogens is 328 g/mol. The standard InChI is InChI=1S/C18H26N2O3.ClH/c1-14-12-20(9-8-19-14)18(21)17-5-3-2-4-15(17)13-23-16-6-10-22-11-7-16;/h2-5,14,16,19H,6-13H2,1H3;1H/t14-;/m1./s1. The van der Waals surface area contributed by atoms with E-state index in [1.165, 1.54) is 0 Å². The number of nitrogens with zero attached hydrogens (tertiary/aromatic N) is 1. The Labute approximate surface area is 150 Å². The molecule has 0 unspecified atom stereocenters. The third-order valence-corrected chi connectivity index (χ3v) is 4.55. The first kappa shape index (κ1) is 19.2. The maximum atomic E-state index is 12.8. The van der Waals surface area contributed by atoms with Crippen LogP contribution in [0, 0.1) is 0 Å². The van der Waals surface area contributed by atoms with Crippen molar-refractivity contribution in [3.05, 3.63) is 35.4 Å². The molecule has 2 fully saturated rings. The van der Waals surface area contributed by atoms with Gasteiger partial charge in [0, 0.05) is 44.5 Å². The summed E-state index contributed by atoms with van der Waals surface area (Å²) in [5.41, 5.74) is 1.75. The predicted molar refractivity (Wildman–Crippen MR) is 95.7 cm³/mol. The number of rotatable bonds is 4. The average Bonchev–Trinajstić information content (AvgIpc) is 2.60. The number of amides is 1. The van der Waals surface area contributed by atoms with Crippen LogP contribution in [0.5, 0.6) is 0 Å². The second-order valence-electron chi connectivity index (χ2n) is 6.39. The molecule has 1 atom stereocenters. The number of ether oxygens (including phenoxy) is 2. The number of nitrogens with one attached hydrogen (secondary N) is 1. The van der Waals surface area contributed by atoms with Crippen LogP contribution in [0.4, 0.5) is 0 Å². The number of carbonyl (C=O) groups excluding carboxylic acids is 1. The molecule has 24 heavy (non-hydrogen) atoms. The van der Waals surface area contributed by atoms with Crippen LogP contribution in [-0.2, 0) is 16.1 Å². The molecule has 0 aliphatic carbocycles. The molecule has 0 aromatic heterocycles. The zero-order chi connectivity index (χ0) is 16.1. The summed E-state index contributed by atoms with van der Waals surface area (Å²) in [6.45, 7) is 6.52. The molecule has 2 aliphatic heterocycles. The highest BCUT2D eigenvalue weighted by atomic mass is 35.5. The fourth-order valence-corrected chi connectivity index (χ4v) is 3.19. The molecule has 0 saturated carbocycles. The molecular formula is C18H27ClN2O3. The predicted octanol–water partition coefficient (Wildman–Crippen LogP) is 2.24. The lowest BCUT2D eigenvalue weighted by molar-refractivity contribution is -0.0392. The van der Waals surface area contributed by atoms with Crippen molar-refractivity contribution in [2.45, 2.75) is 38.5 Å². The SMILES string of the molecule is C[C@@H]1CN(C(=O)c2ccccc2COC2CCOCC2)CCN1.Cl. The lowest BCUT2D eigenvalue weighted by Crippen LogP contribution is -2.51. The van der Waals surface area contributed by atoms with Gasteiger partial charge in [0.15, 0.2) is 0 Å². The van der Waals surface area contributed by atoms with Crippen LogP contribution in [0.15, 0.2) is 24.3 Å². The summed E-state index contributed by atoms with van der Waals surface area (Å²) in [4.78, 5) is 14.8. The number of halogens is 1. The molecule has 2 heterocycles. The van der Waals surface area contributed by atoms with Gasteiger partial charge in [0.05, 0.1) is 12.7 Å². The molecule has 3 rings (SSSR count). The fourth-order valence-electron chi connectivity index (χ4n) is 3.19. The van der Waals surface area contributed by atoms with Crippen LogP contribution in [-0.4, -0.2) is 55.8 Å². The molecule has 2 aliphatic rings. The first-order chi connectivity index (χ1) is 11.2. The summed E-state index contributed by atoms with van der Waals surface area (Å²) in [5.74, 6) is 0.115. The first-order valence-electron chi connectivity index (χ1n) is 8.54. The van der Waals surface area contributed by atoms with Crippen LogP contribution >= 0.6 is 12.4 Å². The zero-order valence-electron chi connectivity index (χ0n) is 14.2. The van der Waals surface area contributed by atoms with E-state index in [0.29, 0.717) is 12.6 Å². The summed E-state index contributed by atoms with van der Waals surface area (Å²) in [6.07, 6.45) is 2.11. The molecule has 1 amide bonds.